The van der Waals surface area contributed by atoms with Crippen molar-refractivity contribution in [3.63, 3.8) is 0 Å². The van der Waals surface area contributed by atoms with E-state index in [9.17, 15) is 19.3 Å². The number of nitrogens with one attached hydrogen (secondary N) is 1. The van der Waals surface area contributed by atoms with E-state index in [0.29, 0.717) is 34.9 Å². The van der Waals surface area contributed by atoms with Gasteiger partial charge in [-0.25, -0.2) is 4.39 Å². The SMILES string of the molecule is COc1cc([C@H]2[C@H]([N+](=O)[O-])[C@@]3(C(=O)Nc4ccccc43)N3CCC[C@@H]23)ccc1OCc1cccc(F)c1. The van der Waals surface area contributed by atoms with Crippen molar-refractivity contribution >= 4 is 11.6 Å². The molecule has 2 fully saturated rings. The number of carbonyl (C=O) groups is 1. The molecule has 190 valence electrons. The maximum absolute atomic E-state index is 13.6. The third-order valence-electron chi connectivity index (χ3n) is 7.95. The monoisotopic (exact) mass is 503 g/mol. The molecule has 3 aromatic carbocycles. The van der Waals surface area contributed by atoms with Gasteiger partial charge in [-0.15, -0.1) is 0 Å². The lowest BCUT2D eigenvalue weighted by molar-refractivity contribution is -0.534. The van der Waals surface area contributed by atoms with Crippen LogP contribution >= 0.6 is 0 Å². The molecule has 3 aliphatic heterocycles. The number of anilines is 1. The van der Waals surface area contributed by atoms with Gasteiger partial charge < -0.3 is 14.8 Å². The summed E-state index contributed by atoms with van der Waals surface area (Å²) in [6.45, 7) is 0.754. The maximum Gasteiger partial charge on any atom is 0.256 e. The zero-order valence-electron chi connectivity index (χ0n) is 20.2. The van der Waals surface area contributed by atoms with E-state index in [1.807, 2.05) is 29.2 Å². The predicted molar refractivity (Wildman–Crippen MR) is 134 cm³/mol. The fraction of sp³-hybridized carbons (Fsp3) is 0.321. The first-order valence-corrected chi connectivity index (χ1v) is 12.3. The van der Waals surface area contributed by atoms with Gasteiger partial charge in [0.05, 0.1) is 13.0 Å². The van der Waals surface area contributed by atoms with Crippen molar-refractivity contribution in [3.8, 4) is 11.5 Å². The van der Waals surface area contributed by atoms with Gasteiger partial charge in [-0.05, 0) is 54.3 Å². The fourth-order valence-electron chi connectivity index (χ4n) is 6.57. The molecule has 9 heteroatoms. The highest BCUT2D eigenvalue weighted by Crippen LogP contribution is 2.58. The molecule has 0 bridgehead atoms. The Morgan fingerprint density at radius 3 is 2.76 bits per heavy atom. The number of carbonyl (C=O) groups excluding carboxylic acids is 1. The molecule has 8 nitrogen and oxygen atoms in total. The second-order valence-corrected chi connectivity index (χ2v) is 9.75. The number of nitro groups is 1. The zero-order valence-corrected chi connectivity index (χ0v) is 20.2. The molecule has 0 unspecified atom stereocenters. The summed E-state index contributed by atoms with van der Waals surface area (Å²) in [6.07, 6.45) is 1.61. The molecule has 1 amide bonds. The first-order chi connectivity index (χ1) is 17.9. The highest BCUT2D eigenvalue weighted by molar-refractivity contribution is 6.07. The molecule has 3 aliphatic rings. The van der Waals surface area contributed by atoms with Gasteiger partial charge >= 0.3 is 0 Å². The van der Waals surface area contributed by atoms with Crippen LogP contribution in [0.3, 0.4) is 0 Å². The van der Waals surface area contributed by atoms with Gasteiger partial charge in [0.2, 0.25) is 0 Å². The Bertz CT molecular complexity index is 1400. The van der Waals surface area contributed by atoms with Crippen LogP contribution in [0.4, 0.5) is 10.1 Å². The lowest BCUT2D eigenvalue weighted by Gasteiger charge is -2.32. The van der Waals surface area contributed by atoms with Gasteiger partial charge in [0.15, 0.2) is 17.0 Å². The number of para-hydroxylation sites is 1. The van der Waals surface area contributed by atoms with Crippen LogP contribution < -0.4 is 14.8 Å². The van der Waals surface area contributed by atoms with E-state index in [0.717, 1.165) is 18.4 Å². The van der Waals surface area contributed by atoms with Crippen molar-refractivity contribution < 1.29 is 23.6 Å². The topological polar surface area (TPSA) is 93.9 Å². The molecule has 1 spiro atoms. The van der Waals surface area contributed by atoms with E-state index in [2.05, 4.69) is 5.32 Å². The quantitative estimate of drug-likeness (QED) is 0.394. The van der Waals surface area contributed by atoms with Gasteiger partial charge in [-0.2, -0.15) is 0 Å². The number of nitrogens with zero attached hydrogens (tertiary/aromatic N) is 2. The molecule has 37 heavy (non-hydrogen) atoms. The number of amides is 1. The minimum absolute atomic E-state index is 0.144. The number of methoxy groups -OCH3 is 1. The smallest absolute Gasteiger partial charge is 0.256 e. The Morgan fingerprint density at radius 2 is 1.97 bits per heavy atom. The normalized spacial score (nSPS) is 26.1. The van der Waals surface area contributed by atoms with Crippen molar-refractivity contribution in [2.75, 3.05) is 19.0 Å². The maximum atomic E-state index is 13.6. The van der Waals surface area contributed by atoms with Crippen molar-refractivity contribution in [3.05, 3.63) is 99.4 Å². The highest BCUT2D eigenvalue weighted by Gasteiger charge is 2.73. The Balaban J connectivity index is 1.40. The zero-order chi connectivity index (χ0) is 25.7. The molecule has 0 aliphatic carbocycles. The molecule has 3 aromatic rings. The summed E-state index contributed by atoms with van der Waals surface area (Å²) in [6, 6.07) is 17.4. The van der Waals surface area contributed by atoms with Gasteiger partial charge in [-0.3, -0.25) is 19.8 Å². The van der Waals surface area contributed by atoms with Crippen molar-refractivity contribution in [2.24, 2.45) is 0 Å². The Labute approximate surface area is 213 Å². The van der Waals surface area contributed by atoms with Crippen LogP contribution in [-0.4, -0.2) is 41.5 Å². The van der Waals surface area contributed by atoms with Crippen LogP contribution in [0.1, 0.15) is 35.4 Å². The van der Waals surface area contributed by atoms with Crippen LogP contribution in [-0.2, 0) is 16.9 Å². The standard InChI is InChI=1S/C28H26FN3O5/c1-36-24-15-18(11-12-23(24)37-16-17-6-4-7-19(29)14-17)25-22-10-5-13-31(22)28(26(25)32(34)35)20-8-2-3-9-21(20)30-27(28)33/h2-4,6-9,11-12,14-15,22,25-26H,5,10,13,16H2,1H3,(H,30,33)/t22-,25+,26-,28-/m0/s1. The van der Waals surface area contributed by atoms with E-state index >= 15 is 0 Å². The summed E-state index contributed by atoms with van der Waals surface area (Å²) in [5.74, 6) is -0.332. The lowest BCUT2D eigenvalue weighted by Crippen LogP contribution is -2.55. The van der Waals surface area contributed by atoms with Gasteiger partial charge in [0.25, 0.3) is 11.9 Å². The van der Waals surface area contributed by atoms with Crippen LogP contribution in [0, 0.1) is 15.9 Å². The highest BCUT2D eigenvalue weighted by atomic mass is 19.1. The van der Waals surface area contributed by atoms with E-state index in [-0.39, 0.29) is 29.3 Å². The molecule has 3 heterocycles. The number of fused-ring (bicyclic) bond motifs is 4. The summed E-state index contributed by atoms with van der Waals surface area (Å²) in [4.78, 5) is 28.1. The minimum atomic E-state index is -1.37. The van der Waals surface area contributed by atoms with Crippen molar-refractivity contribution in [1.29, 1.82) is 0 Å². The lowest BCUT2D eigenvalue weighted by atomic mass is 9.77. The van der Waals surface area contributed by atoms with Crippen LogP contribution in [0.2, 0.25) is 0 Å². The van der Waals surface area contributed by atoms with E-state index in [1.165, 1.54) is 19.2 Å². The third kappa shape index (κ3) is 3.48. The number of halogens is 1. The molecular formula is C28H26FN3O5. The molecule has 0 aromatic heterocycles. The second kappa shape index (κ2) is 8.85. The number of hydrogen-bond donors (Lipinski definition) is 1. The Morgan fingerprint density at radius 1 is 1.14 bits per heavy atom. The van der Waals surface area contributed by atoms with Gasteiger partial charge in [-0.1, -0.05) is 36.4 Å². The summed E-state index contributed by atoms with van der Waals surface area (Å²) < 4.78 is 25.1. The molecular weight excluding hydrogens is 477 g/mol. The van der Waals surface area contributed by atoms with Crippen molar-refractivity contribution in [1.82, 2.24) is 4.90 Å². The summed E-state index contributed by atoms with van der Waals surface area (Å²) in [5.41, 5.74) is 1.32. The van der Waals surface area contributed by atoms with Crippen LogP contribution in [0.25, 0.3) is 0 Å². The number of rotatable bonds is 6. The van der Waals surface area contributed by atoms with Crippen LogP contribution in [0.15, 0.2) is 66.7 Å². The first-order valence-electron chi connectivity index (χ1n) is 12.3. The Hall–Kier alpha value is -3.98. The average Bonchev–Trinajstić information content (AvgIpc) is 3.56. The number of ether oxygens (including phenoxy) is 2. The summed E-state index contributed by atoms with van der Waals surface area (Å²) in [5, 5.41) is 15.7. The van der Waals surface area contributed by atoms with E-state index < -0.39 is 17.5 Å². The molecule has 6 rings (SSSR count). The number of benzene rings is 3. The molecule has 0 saturated carbocycles. The van der Waals surface area contributed by atoms with Crippen LogP contribution in [0.5, 0.6) is 11.5 Å². The molecule has 2 saturated heterocycles. The third-order valence-corrected chi connectivity index (χ3v) is 7.95. The van der Waals surface area contributed by atoms with Gasteiger partial charge in [0, 0.05) is 28.8 Å². The van der Waals surface area contributed by atoms with E-state index in [1.54, 1.807) is 30.3 Å². The second-order valence-electron chi connectivity index (χ2n) is 9.75. The molecule has 0 radical (unpaired) electrons. The van der Waals surface area contributed by atoms with Crippen molar-refractivity contribution in [2.45, 2.75) is 43.0 Å². The van der Waals surface area contributed by atoms with Gasteiger partial charge in [0.1, 0.15) is 12.4 Å². The predicted octanol–water partition coefficient (Wildman–Crippen LogP) is 4.47. The summed E-state index contributed by atoms with van der Waals surface area (Å²) >= 11 is 0. The number of hydrogen-bond acceptors (Lipinski definition) is 6. The molecule has 1 N–H and O–H groups in total. The fourth-order valence-corrected chi connectivity index (χ4v) is 6.57. The minimum Gasteiger partial charge on any atom is -0.493 e. The van der Waals surface area contributed by atoms with E-state index in [4.69, 9.17) is 9.47 Å². The first kappa shape index (κ1) is 23.4. The molecule has 4 atom stereocenters. The Kier molecular flexibility index (Phi) is 5.60. The average molecular weight is 504 g/mol. The summed E-state index contributed by atoms with van der Waals surface area (Å²) in [7, 11) is 1.51. The largest absolute Gasteiger partial charge is 0.493 e.